The van der Waals surface area contributed by atoms with E-state index in [0.29, 0.717) is 29.5 Å². The first-order valence-corrected chi connectivity index (χ1v) is 9.84. The topological polar surface area (TPSA) is 81.7 Å². The van der Waals surface area contributed by atoms with Crippen LogP contribution in [0.2, 0.25) is 5.02 Å². The minimum atomic E-state index is -3.70. The van der Waals surface area contributed by atoms with E-state index in [1.165, 1.54) is 24.3 Å². The van der Waals surface area contributed by atoms with Gasteiger partial charge in [-0.1, -0.05) is 17.7 Å². The maximum atomic E-state index is 12.2. The van der Waals surface area contributed by atoms with Crippen molar-refractivity contribution in [2.45, 2.75) is 11.3 Å². The second-order valence-electron chi connectivity index (χ2n) is 5.50. The third-order valence-electron chi connectivity index (χ3n) is 3.68. The number of amides is 1. The molecule has 0 saturated carbocycles. The standard InChI is InChI=1S/C18H20ClNO5S/c1-24-16-8-3-13(11-17(16)25-2)9-10-20-18(21)12-26(22,23)15-6-4-14(19)5-7-15/h3-8,11H,9-10,12H2,1-2H3,(H,20,21). The van der Waals surface area contributed by atoms with Crippen molar-refractivity contribution in [2.24, 2.45) is 0 Å². The average Bonchev–Trinajstić information content (AvgIpc) is 2.61. The fraction of sp³-hybridized carbons (Fsp3) is 0.278. The number of halogens is 1. The van der Waals surface area contributed by atoms with E-state index in [4.69, 9.17) is 21.1 Å². The number of benzene rings is 2. The van der Waals surface area contributed by atoms with Crippen LogP contribution in [0.4, 0.5) is 0 Å². The van der Waals surface area contributed by atoms with Crippen LogP contribution in [0.5, 0.6) is 11.5 Å². The lowest BCUT2D eigenvalue weighted by Crippen LogP contribution is -2.31. The third-order valence-corrected chi connectivity index (χ3v) is 5.56. The molecule has 26 heavy (non-hydrogen) atoms. The number of hydrogen-bond acceptors (Lipinski definition) is 5. The van der Waals surface area contributed by atoms with E-state index in [9.17, 15) is 13.2 Å². The number of rotatable bonds is 8. The van der Waals surface area contributed by atoms with E-state index in [1.54, 1.807) is 20.3 Å². The van der Waals surface area contributed by atoms with Crippen LogP contribution in [0.25, 0.3) is 0 Å². The molecule has 140 valence electrons. The van der Waals surface area contributed by atoms with Crippen molar-refractivity contribution in [2.75, 3.05) is 26.5 Å². The average molecular weight is 398 g/mol. The van der Waals surface area contributed by atoms with Gasteiger partial charge >= 0.3 is 0 Å². The van der Waals surface area contributed by atoms with Crippen LogP contribution in [0, 0.1) is 0 Å². The Hall–Kier alpha value is -2.25. The summed E-state index contributed by atoms with van der Waals surface area (Å²) in [6.45, 7) is 0.310. The molecular formula is C18H20ClNO5S. The normalized spacial score (nSPS) is 11.0. The van der Waals surface area contributed by atoms with Crippen molar-refractivity contribution in [3.05, 3.63) is 53.1 Å². The highest BCUT2D eigenvalue weighted by Gasteiger charge is 2.19. The van der Waals surface area contributed by atoms with Gasteiger partial charge in [0.25, 0.3) is 0 Å². The number of methoxy groups -OCH3 is 2. The largest absolute Gasteiger partial charge is 0.493 e. The Balaban J connectivity index is 1.90. The number of carbonyl (C=O) groups excluding carboxylic acids is 1. The molecule has 0 atom stereocenters. The molecule has 0 aliphatic carbocycles. The number of hydrogen-bond donors (Lipinski definition) is 1. The lowest BCUT2D eigenvalue weighted by molar-refractivity contribution is -0.118. The fourth-order valence-corrected chi connectivity index (χ4v) is 3.62. The summed E-state index contributed by atoms with van der Waals surface area (Å²) in [4.78, 5) is 12.0. The molecule has 1 N–H and O–H groups in total. The van der Waals surface area contributed by atoms with Crippen LogP contribution in [-0.2, 0) is 21.1 Å². The summed E-state index contributed by atoms with van der Waals surface area (Å²) in [5, 5.41) is 3.05. The fourth-order valence-electron chi connectivity index (χ4n) is 2.33. The van der Waals surface area contributed by atoms with E-state index in [1.807, 2.05) is 12.1 Å². The Morgan fingerprint density at radius 1 is 1.04 bits per heavy atom. The molecule has 0 radical (unpaired) electrons. The van der Waals surface area contributed by atoms with Crippen LogP contribution in [0.3, 0.4) is 0 Å². The zero-order chi connectivity index (χ0) is 19.2. The molecule has 6 nitrogen and oxygen atoms in total. The Morgan fingerprint density at radius 2 is 1.69 bits per heavy atom. The van der Waals surface area contributed by atoms with Gasteiger partial charge in [0, 0.05) is 11.6 Å². The van der Waals surface area contributed by atoms with Gasteiger partial charge in [0.15, 0.2) is 21.3 Å². The number of ether oxygens (including phenoxy) is 2. The molecule has 0 heterocycles. The first kappa shape index (κ1) is 20.1. The molecule has 1 amide bonds. The molecule has 2 rings (SSSR count). The van der Waals surface area contributed by atoms with Crippen LogP contribution < -0.4 is 14.8 Å². The van der Waals surface area contributed by atoms with Crippen LogP contribution >= 0.6 is 11.6 Å². The molecule has 0 saturated heterocycles. The zero-order valence-electron chi connectivity index (χ0n) is 14.5. The first-order chi connectivity index (χ1) is 12.4. The molecular weight excluding hydrogens is 378 g/mol. The summed E-state index contributed by atoms with van der Waals surface area (Å²) in [6.07, 6.45) is 0.535. The molecule has 0 aliphatic heterocycles. The van der Waals surface area contributed by atoms with Gasteiger partial charge in [-0.2, -0.15) is 0 Å². The predicted molar refractivity (Wildman–Crippen MR) is 99.8 cm³/mol. The molecule has 0 aromatic heterocycles. The summed E-state index contributed by atoms with van der Waals surface area (Å²) in [5.74, 6) is 0.0528. The first-order valence-electron chi connectivity index (χ1n) is 7.81. The lowest BCUT2D eigenvalue weighted by Gasteiger charge is -2.10. The van der Waals surface area contributed by atoms with E-state index in [0.717, 1.165) is 5.56 Å². The monoisotopic (exact) mass is 397 g/mol. The minimum absolute atomic E-state index is 0.0666. The van der Waals surface area contributed by atoms with E-state index in [-0.39, 0.29) is 4.90 Å². The second-order valence-corrected chi connectivity index (χ2v) is 7.93. The maximum Gasteiger partial charge on any atom is 0.235 e. The van der Waals surface area contributed by atoms with Crippen molar-refractivity contribution in [1.82, 2.24) is 5.32 Å². The van der Waals surface area contributed by atoms with E-state index >= 15 is 0 Å². The van der Waals surface area contributed by atoms with Crippen molar-refractivity contribution in [1.29, 1.82) is 0 Å². The van der Waals surface area contributed by atoms with Crippen LogP contribution in [0.15, 0.2) is 47.4 Å². The highest BCUT2D eigenvalue weighted by molar-refractivity contribution is 7.92. The van der Waals surface area contributed by atoms with E-state index in [2.05, 4.69) is 5.32 Å². The second kappa shape index (κ2) is 8.91. The van der Waals surface area contributed by atoms with Gasteiger partial charge in [0.1, 0.15) is 5.75 Å². The van der Waals surface area contributed by atoms with Crippen LogP contribution in [0.1, 0.15) is 5.56 Å². The smallest absolute Gasteiger partial charge is 0.235 e. The molecule has 0 unspecified atom stereocenters. The van der Waals surface area contributed by atoms with Gasteiger partial charge in [-0.25, -0.2) is 8.42 Å². The van der Waals surface area contributed by atoms with Gasteiger partial charge in [0.05, 0.1) is 19.1 Å². The quantitative estimate of drug-likeness (QED) is 0.740. The Bertz CT molecular complexity index is 866. The lowest BCUT2D eigenvalue weighted by atomic mass is 10.1. The molecule has 0 spiro atoms. The van der Waals surface area contributed by atoms with Crippen molar-refractivity contribution in [3.8, 4) is 11.5 Å². The summed E-state index contributed by atoms with van der Waals surface area (Å²) < 4.78 is 34.8. The van der Waals surface area contributed by atoms with E-state index < -0.39 is 21.5 Å². The summed E-state index contributed by atoms with van der Waals surface area (Å²) in [5.41, 5.74) is 0.934. The number of nitrogens with one attached hydrogen (secondary N) is 1. The Labute approximate surface area is 158 Å². The molecule has 0 aliphatic rings. The van der Waals surface area contributed by atoms with Crippen molar-refractivity contribution in [3.63, 3.8) is 0 Å². The number of carbonyl (C=O) groups is 1. The number of sulfone groups is 1. The van der Waals surface area contributed by atoms with Gasteiger partial charge in [0.2, 0.25) is 5.91 Å². The van der Waals surface area contributed by atoms with Crippen molar-refractivity contribution < 1.29 is 22.7 Å². The highest BCUT2D eigenvalue weighted by atomic mass is 35.5. The predicted octanol–water partition coefficient (Wildman–Crippen LogP) is 2.49. The minimum Gasteiger partial charge on any atom is -0.493 e. The summed E-state index contributed by atoms with van der Waals surface area (Å²) >= 11 is 5.74. The van der Waals surface area contributed by atoms with Gasteiger partial charge in [-0.3, -0.25) is 4.79 Å². The molecule has 2 aromatic carbocycles. The Morgan fingerprint density at radius 3 is 2.31 bits per heavy atom. The summed E-state index contributed by atoms with van der Waals surface area (Å²) in [6, 6.07) is 11.2. The Kier molecular flexibility index (Phi) is 6.88. The SMILES string of the molecule is COc1ccc(CCNC(=O)CS(=O)(=O)c2ccc(Cl)cc2)cc1OC. The molecule has 0 bridgehead atoms. The summed E-state index contributed by atoms with van der Waals surface area (Å²) in [7, 11) is -0.597. The van der Waals surface area contributed by atoms with Gasteiger partial charge in [-0.05, 0) is 48.4 Å². The van der Waals surface area contributed by atoms with Gasteiger partial charge < -0.3 is 14.8 Å². The third kappa shape index (κ3) is 5.37. The van der Waals surface area contributed by atoms with Gasteiger partial charge in [-0.15, -0.1) is 0 Å². The molecule has 8 heteroatoms. The maximum absolute atomic E-state index is 12.2. The molecule has 2 aromatic rings. The highest BCUT2D eigenvalue weighted by Crippen LogP contribution is 2.27. The zero-order valence-corrected chi connectivity index (χ0v) is 16.1. The molecule has 0 fully saturated rings. The van der Waals surface area contributed by atoms with Crippen molar-refractivity contribution >= 4 is 27.3 Å². The van der Waals surface area contributed by atoms with Crippen LogP contribution in [-0.4, -0.2) is 40.8 Å².